The number of fused-ring (bicyclic) bond motifs is 1. The van der Waals surface area contributed by atoms with Crippen LogP contribution in [0.2, 0.25) is 0 Å². The summed E-state index contributed by atoms with van der Waals surface area (Å²) in [4.78, 5) is 18.5. The van der Waals surface area contributed by atoms with E-state index in [1.165, 1.54) is 10.9 Å². The molecule has 0 N–H and O–H groups in total. The van der Waals surface area contributed by atoms with Crippen molar-refractivity contribution >= 4 is 16.9 Å². The van der Waals surface area contributed by atoms with Crippen LogP contribution in [0.5, 0.6) is 5.75 Å². The summed E-state index contributed by atoms with van der Waals surface area (Å²) in [6.45, 7) is 9.11. The number of amides is 1. The number of likely N-dealkylation sites (tertiary alicyclic amines) is 1. The number of piperidine rings is 1. The van der Waals surface area contributed by atoms with Gasteiger partial charge in [0.05, 0.1) is 0 Å². The van der Waals surface area contributed by atoms with Crippen molar-refractivity contribution in [2.75, 3.05) is 13.1 Å². The van der Waals surface area contributed by atoms with Crippen LogP contribution in [-0.2, 0) is 11.2 Å². The smallest absolute Gasteiger partial charge is 0.410 e. The van der Waals surface area contributed by atoms with Gasteiger partial charge in [-0.25, -0.2) is 4.79 Å². The fourth-order valence-corrected chi connectivity index (χ4v) is 3.96. The molecule has 1 saturated heterocycles. The molecule has 0 saturated carbocycles. The minimum atomic E-state index is -0.466. The predicted molar refractivity (Wildman–Crippen MR) is 128 cm³/mol. The Labute approximate surface area is 190 Å². The van der Waals surface area contributed by atoms with Gasteiger partial charge in [0.25, 0.3) is 0 Å². The van der Waals surface area contributed by atoms with Crippen molar-refractivity contribution in [3.8, 4) is 16.9 Å². The van der Waals surface area contributed by atoms with Crippen molar-refractivity contribution in [2.24, 2.45) is 0 Å². The van der Waals surface area contributed by atoms with Crippen molar-refractivity contribution in [1.29, 1.82) is 0 Å². The summed E-state index contributed by atoms with van der Waals surface area (Å²) in [5.41, 5.74) is 2.99. The number of aromatic nitrogens is 1. The maximum Gasteiger partial charge on any atom is 0.410 e. The van der Waals surface area contributed by atoms with Crippen LogP contribution in [0.3, 0.4) is 0 Å². The molecule has 0 aliphatic carbocycles. The van der Waals surface area contributed by atoms with E-state index < -0.39 is 5.60 Å². The van der Waals surface area contributed by atoms with Crippen molar-refractivity contribution in [2.45, 2.75) is 58.7 Å². The second-order valence-corrected chi connectivity index (χ2v) is 9.40. The number of benzene rings is 2. The largest absolute Gasteiger partial charge is 0.490 e. The van der Waals surface area contributed by atoms with Crippen molar-refractivity contribution in [1.82, 2.24) is 9.88 Å². The fourth-order valence-electron chi connectivity index (χ4n) is 3.96. The molecule has 168 valence electrons. The molecule has 32 heavy (non-hydrogen) atoms. The highest BCUT2D eigenvalue weighted by Gasteiger charge is 2.27. The minimum Gasteiger partial charge on any atom is -0.490 e. The highest BCUT2D eigenvalue weighted by atomic mass is 16.6. The van der Waals surface area contributed by atoms with Crippen molar-refractivity contribution in [3.05, 3.63) is 60.4 Å². The first kappa shape index (κ1) is 22.1. The third-order valence-electron chi connectivity index (χ3n) is 5.72. The molecule has 1 aliphatic heterocycles. The number of carbonyl (C=O) groups excluding carboxylic acids is 1. The summed E-state index contributed by atoms with van der Waals surface area (Å²) in [6.07, 6.45) is 4.36. The molecular formula is C27H32N2O3. The standard InChI is InChI=1S/C27H32N2O3/c1-5-23-17-22-16-20(6-7-21(22)18-28-23)19-8-10-24(11-9-19)31-25-12-14-29(15-13-25)26(30)32-27(2,3)4/h6-11,16-18,25H,5,12-15H2,1-4H3. The maximum atomic E-state index is 12.2. The summed E-state index contributed by atoms with van der Waals surface area (Å²) >= 11 is 0. The Morgan fingerprint density at radius 3 is 2.34 bits per heavy atom. The zero-order chi connectivity index (χ0) is 22.7. The second kappa shape index (κ2) is 9.19. The van der Waals surface area contributed by atoms with Gasteiger partial charge in [-0.05, 0) is 68.0 Å². The number of aryl methyl sites for hydroxylation is 1. The minimum absolute atomic E-state index is 0.111. The van der Waals surface area contributed by atoms with Crippen LogP contribution in [0.4, 0.5) is 4.79 Å². The van der Waals surface area contributed by atoms with Gasteiger partial charge < -0.3 is 14.4 Å². The van der Waals surface area contributed by atoms with Crippen LogP contribution in [0.1, 0.15) is 46.2 Å². The Kier molecular flexibility index (Phi) is 6.35. The first-order valence-electron chi connectivity index (χ1n) is 11.4. The number of rotatable bonds is 4. The van der Waals surface area contributed by atoms with Gasteiger partial charge in [-0.1, -0.05) is 31.2 Å². The lowest BCUT2D eigenvalue weighted by Gasteiger charge is -2.33. The molecule has 0 radical (unpaired) electrons. The lowest BCUT2D eigenvalue weighted by molar-refractivity contribution is 0.0126. The Hall–Kier alpha value is -3.08. The van der Waals surface area contributed by atoms with Crippen LogP contribution in [-0.4, -0.2) is 40.8 Å². The van der Waals surface area contributed by atoms with E-state index in [1.807, 2.05) is 39.1 Å². The predicted octanol–water partition coefficient (Wildman–Crippen LogP) is 6.24. The molecule has 4 rings (SSSR count). The van der Waals surface area contributed by atoms with Crippen molar-refractivity contribution in [3.63, 3.8) is 0 Å². The van der Waals surface area contributed by atoms with E-state index in [0.29, 0.717) is 13.1 Å². The molecule has 2 aromatic carbocycles. The zero-order valence-corrected chi connectivity index (χ0v) is 19.4. The summed E-state index contributed by atoms with van der Waals surface area (Å²) < 4.78 is 11.7. The number of carbonyl (C=O) groups is 1. The molecule has 5 heteroatoms. The normalized spacial score (nSPS) is 15.1. The lowest BCUT2D eigenvalue weighted by Crippen LogP contribution is -2.44. The SMILES string of the molecule is CCc1cc2cc(-c3ccc(OC4CCN(C(=O)OC(C)(C)C)CC4)cc3)ccc2cn1. The van der Waals surface area contributed by atoms with Crippen LogP contribution in [0.25, 0.3) is 21.9 Å². The Bertz CT molecular complexity index is 1080. The molecule has 1 amide bonds. The molecule has 0 bridgehead atoms. The van der Waals surface area contributed by atoms with Gasteiger partial charge in [0, 0.05) is 43.2 Å². The maximum absolute atomic E-state index is 12.2. The van der Waals surface area contributed by atoms with E-state index >= 15 is 0 Å². The van der Waals surface area contributed by atoms with Gasteiger partial charge in [-0.15, -0.1) is 0 Å². The van der Waals surface area contributed by atoms with Gasteiger partial charge in [0.2, 0.25) is 0 Å². The van der Waals surface area contributed by atoms with Crippen molar-refractivity contribution < 1.29 is 14.3 Å². The van der Waals surface area contributed by atoms with E-state index in [0.717, 1.165) is 41.7 Å². The van der Waals surface area contributed by atoms with Gasteiger partial charge in [-0.3, -0.25) is 4.98 Å². The average Bonchev–Trinajstić information content (AvgIpc) is 2.78. The third-order valence-corrected chi connectivity index (χ3v) is 5.72. The third kappa shape index (κ3) is 5.39. The van der Waals surface area contributed by atoms with E-state index in [1.54, 1.807) is 4.90 Å². The molecule has 0 unspecified atom stereocenters. The highest BCUT2D eigenvalue weighted by molar-refractivity contribution is 5.87. The average molecular weight is 433 g/mol. The summed E-state index contributed by atoms with van der Waals surface area (Å²) in [5.74, 6) is 0.864. The Balaban J connectivity index is 1.36. The number of nitrogens with zero attached hydrogens (tertiary/aromatic N) is 2. The van der Waals surface area contributed by atoms with Crippen LogP contribution in [0.15, 0.2) is 54.7 Å². The molecule has 0 spiro atoms. The molecule has 1 aromatic heterocycles. The molecule has 2 heterocycles. The number of ether oxygens (including phenoxy) is 2. The number of pyridine rings is 1. The molecule has 3 aromatic rings. The topological polar surface area (TPSA) is 51.7 Å². The van der Waals surface area contributed by atoms with Gasteiger partial charge in [0.15, 0.2) is 0 Å². The number of hydrogen-bond acceptors (Lipinski definition) is 4. The Morgan fingerprint density at radius 1 is 1.00 bits per heavy atom. The molecule has 1 fully saturated rings. The number of hydrogen-bond donors (Lipinski definition) is 0. The second-order valence-electron chi connectivity index (χ2n) is 9.40. The van der Waals surface area contributed by atoms with Gasteiger partial charge in [-0.2, -0.15) is 0 Å². The Morgan fingerprint density at radius 2 is 1.69 bits per heavy atom. The highest BCUT2D eigenvalue weighted by Crippen LogP contribution is 2.28. The van der Waals surface area contributed by atoms with Crippen LogP contribution in [0, 0.1) is 0 Å². The van der Waals surface area contributed by atoms with Gasteiger partial charge in [0.1, 0.15) is 17.5 Å². The molecule has 5 nitrogen and oxygen atoms in total. The quantitative estimate of drug-likeness (QED) is 0.489. The molecular weight excluding hydrogens is 400 g/mol. The lowest BCUT2D eigenvalue weighted by atomic mass is 10.0. The molecule has 0 atom stereocenters. The first-order chi connectivity index (χ1) is 15.3. The summed E-state index contributed by atoms with van der Waals surface area (Å²) in [7, 11) is 0. The fraction of sp³-hybridized carbons (Fsp3) is 0.407. The van der Waals surface area contributed by atoms with E-state index in [-0.39, 0.29) is 12.2 Å². The molecule has 1 aliphatic rings. The van der Waals surface area contributed by atoms with E-state index in [4.69, 9.17) is 9.47 Å². The monoisotopic (exact) mass is 432 g/mol. The van der Waals surface area contributed by atoms with Crippen LogP contribution < -0.4 is 4.74 Å². The summed E-state index contributed by atoms with van der Waals surface area (Å²) in [6, 6.07) is 16.9. The van der Waals surface area contributed by atoms with Gasteiger partial charge >= 0.3 is 6.09 Å². The van der Waals surface area contributed by atoms with E-state index in [9.17, 15) is 4.79 Å². The summed E-state index contributed by atoms with van der Waals surface area (Å²) in [5, 5.41) is 2.37. The van der Waals surface area contributed by atoms with Crippen LogP contribution >= 0.6 is 0 Å². The first-order valence-corrected chi connectivity index (χ1v) is 11.4. The zero-order valence-electron chi connectivity index (χ0n) is 19.4. The van der Waals surface area contributed by atoms with E-state index in [2.05, 4.69) is 48.3 Å².